The smallest absolute Gasteiger partial charge is 0.133 e. The Bertz CT molecular complexity index is 779. The average molecular weight is 517 g/mol. The number of hydrogen-bond donors (Lipinski definition) is 1. The van der Waals surface area contributed by atoms with Crippen LogP contribution in [0, 0.1) is 40.4 Å². The van der Waals surface area contributed by atoms with Crippen molar-refractivity contribution in [2.24, 2.45) is 40.4 Å². The number of ketones is 1. The molecular weight excluding hydrogens is 460 g/mol. The molecule has 7 atom stereocenters. The number of rotatable bonds is 5. The molecule has 36 heavy (non-hydrogen) atoms. The van der Waals surface area contributed by atoms with Gasteiger partial charge >= 0.3 is 0 Å². The summed E-state index contributed by atoms with van der Waals surface area (Å²) in [5.74, 6) is 6.98. The van der Waals surface area contributed by atoms with Crippen LogP contribution in [0.3, 0.4) is 0 Å². The summed E-state index contributed by atoms with van der Waals surface area (Å²) in [6.45, 7) is 12.5. The Labute approximate surface area is 229 Å². The Kier molecular flexibility index (Phi) is 12.4. The molecule has 0 radical (unpaired) electrons. The molecule has 0 aromatic heterocycles. The Balaban J connectivity index is 0.000000263. The van der Waals surface area contributed by atoms with E-state index in [1.165, 1.54) is 44.9 Å². The van der Waals surface area contributed by atoms with Gasteiger partial charge in [0.2, 0.25) is 0 Å². The van der Waals surface area contributed by atoms with Gasteiger partial charge in [-0.25, -0.2) is 0 Å². The second-order valence-corrected chi connectivity index (χ2v) is 12.5. The first-order valence-electron chi connectivity index (χ1n) is 14.7. The molecule has 206 valence electrons. The number of carbonyl (C=O) groups excluding carboxylic acids is 1. The standard InChI is InChI=1S/C20H32O.C10H14OS.C2H6.CH4/c1-13-4-7-17-16-6-5-14-12-15(21)8-10-20(14,3)18(16)9-11-19(13,17)2;12-9-5-4-8-11-10-6-2-1-3-7-10;1-2;/h13-14,16-18H,4-12H2,1-3H3;1-3,6-7,12H,4-5,8-9H2;1-2H3;1H4. The van der Waals surface area contributed by atoms with E-state index in [1.54, 1.807) is 0 Å². The summed E-state index contributed by atoms with van der Waals surface area (Å²) in [7, 11) is 0. The molecule has 1 aromatic carbocycles. The van der Waals surface area contributed by atoms with Gasteiger partial charge in [-0.1, -0.05) is 60.2 Å². The van der Waals surface area contributed by atoms with Crippen LogP contribution >= 0.6 is 12.6 Å². The van der Waals surface area contributed by atoms with Gasteiger partial charge in [0.15, 0.2) is 0 Å². The summed E-state index contributed by atoms with van der Waals surface area (Å²) in [6, 6.07) is 9.89. The van der Waals surface area contributed by atoms with Gasteiger partial charge in [0.25, 0.3) is 0 Å². The number of Topliss-reactive ketones (excluding diaryl/α,β-unsaturated/α-hetero) is 1. The molecule has 0 saturated heterocycles. The highest BCUT2D eigenvalue weighted by Gasteiger charge is 2.59. The molecule has 0 aliphatic heterocycles. The van der Waals surface area contributed by atoms with Crippen molar-refractivity contribution >= 4 is 18.4 Å². The van der Waals surface area contributed by atoms with Gasteiger partial charge in [-0.15, -0.1) is 0 Å². The molecule has 2 nitrogen and oxygen atoms in total. The number of unbranched alkanes of at least 4 members (excludes halogenated alkanes) is 1. The number of benzene rings is 1. The molecule has 4 aliphatic carbocycles. The second-order valence-electron chi connectivity index (χ2n) is 12.0. The number of carbonyl (C=O) groups is 1. The molecule has 0 N–H and O–H groups in total. The fourth-order valence-electron chi connectivity index (χ4n) is 8.23. The number of ether oxygens (including phenoxy) is 1. The lowest BCUT2D eigenvalue weighted by Crippen LogP contribution is -2.53. The van der Waals surface area contributed by atoms with E-state index in [2.05, 4.69) is 33.4 Å². The van der Waals surface area contributed by atoms with Crippen LogP contribution < -0.4 is 4.74 Å². The van der Waals surface area contributed by atoms with Crippen LogP contribution in [-0.2, 0) is 4.79 Å². The van der Waals surface area contributed by atoms with E-state index in [0.29, 0.717) is 22.5 Å². The summed E-state index contributed by atoms with van der Waals surface area (Å²) in [6.07, 6.45) is 13.8. The lowest BCUT2D eigenvalue weighted by atomic mass is 9.45. The van der Waals surface area contributed by atoms with Crippen molar-refractivity contribution < 1.29 is 9.53 Å². The van der Waals surface area contributed by atoms with Crippen molar-refractivity contribution in [2.75, 3.05) is 12.4 Å². The fraction of sp³-hybridized carbons (Fsp3) is 0.788. The van der Waals surface area contributed by atoms with Crippen molar-refractivity contribution in [3.8, 4) is 5.75 Å². The number of thiol groups is 1. The normalized spacial score (nSPS) is 36.4. The Morgan fingerprint density at radius 3 is 2.31 bits per heavy atom. The summed E-state index contributed by atoms with van der Waals surface area (Å²) >= 11 is 4.13. The number of fused-ring (bicyclic) bond motifs is 5. The Morgan fingerprint density at radius 2 is 1.61 bits per heavy atom. The molecule has 1 aromatic rings. The summed E-state index contributed by atoms with van der Waals surface area (Å²) < 4.78 is 5.47. The molecule has 4 saturated carbocycles. The van der Waals surface area contributed by atoms with E-state index in [0.717, 1.165) is 67.5 Å². The van der Waals surface area contributed by atoms with E-state index in [4.69, 9.17) is 4.74 Å². The third kappa shape index (κ3) is 6.72. The zero-order valence-corrected chi connectivity index (χ0v) is 24.1. The maximum Gasteiger partial charge on any atom is 0.133 e. The van der Waals surface area contributed by atoms with Crippen molar-refractivity contribution in [1.29, 1.82) is 0 Å². The summed E-state index contributed by atoms with van der Waals surface area (Å²) in [5, 5.41) is 0. The first kappa shape index (κ1) is 31.3. The second kappa shape index (κ2) is 14.3. The van der Waals surface area contributed by atoms with E-state index in [-0.39, 0.29) is 7.43 Å². The molecule has 0 amide bonds. The third-order valence-electron chi connectivity index (χ3n) is 10.5. The van der Waals surface area contributed by atoms with E-state index in [9.17, 15) is 4.79 Å². The minimum Gasteiger partial charge on any atom is -0.494 e. The van der Waals surface area contributed by atoms with Gasteiger partial charge in [0.1, 0.15) is 11.5 Å². The van der Waals surface area contributed by atoms with Crippen molar-refractivity contribution in [1.82, 2.24) is 0 Å². The molecule has 0 heterocycles. The molecule has 0 bridgehead atoms. The minimum absolute atomic E-state index is 0. The van der Waals surface area contributed by atoms with Gasteiger partial charge in [-0.2, -0.15) is 12.6 Å². The van der Waals surface area contributed by atoms with Crippen LogP contribution in [0.5, 0.6) is 5.75 Å². The SMILES string of the molecule is C.CC.CC1CCC2C3CCC4CC(=O)CCC4(C)C3CCC12C.SCCCCOc1ccccc1. The quantitative estimate of drug-likeness (QED) is 0.311. The number of para-hydroxylation sites is 1. The zero-order valence-electron chi connectivity index (χ0n) is 23.2. The maximum atomic E-state index is 11.9. The Hall–Kier alpha value is -0.960. The van der Waals surface area contributed by atoms with Gasteiger partial charge in [-0.05, 0) is 116 Å². The molecule has 4 aliphatic rings. The predicted molar refractivity (Wildman–Crippen MR) is 159 cm³/mol. The van der Waals surface area contributed by atoms with Crippen LogP contribution in [-0.4, -0.2) is 18.1 Å². The topological polar surface area (TPSA) is 26.3 Å². The largest absolute Gasteiger partial charge is 0.494 e. The zero-order chi connectivity index (χ0) is 25.5. The average Bonchev–Trinajstić information content (AvgIpc) is 3.19. The van der Waals surface area contributed by atoms with Gasteiger partial charge in [-0.3, -0.25) is 4.79 Å². The molecular formula is C33H56O2S. The summed E-state index contributed by atoms with van der Waals surface area (Å²) in [4.78, 5) is 11.9. The first-order chi connectivity index (χ1) is 16.9. The van der Waals surface area contributed by atoms with Crippen LogP contribution in [0.25, 0.3) is 0 Å². The molecule has 0 spiro atoms. The van der Waals surface area contributed by atoms with E-state index < -0.39 is 0 Å². The molecule has 3 heteroatoms. The third-order valence-corrected chi connectivity index (χ3v) is 10.8. The van der Waals surface area contributed by atoms with Gasteiger partial charge in [0.05, 0.1) is 6.61 Å². The highest BCUT2D eigenvalue weighted by molar-refractivity contribution is 7.80. The van der Waals surface area contributed by atoms with Crippen LogP contribution in [0.4, 0.5) is 0 Å². The van der Waals surface area contributed by atoms with Crippen LogP contribution in [0.2, 0.25) is 0 Å². The van der Waals surface area contributed by atoms with Crippen LogP contribution in [0.15, 0.2) is 30.3 Å². The molecule has 7 unspecified atom stereocenters. The maximum absolute atomic E-state index is 11.9. The minimum atomic E-state index is 0. The van der Waals surface area contributed by atoms with Gasteiger partial charge < -0.3 is 4.74 Å². The van der Waals surface area contributed by atoms with Crippen molar-refractivity contribution in [3.05, 3.63) is 30.3 Å². The molecule has 5 rings (SSSR count). The van der Waals surface area contributed by atoms with Crippen molar-refractivity contribution in [3.63, 3.8) is 0 Å². The van der Waals surface area contributed by atoms with E-state index in [1.807, 2.05) is 44.2 Å². The lowest BCUT2D eigenvalue weighted by Gasteiger charge is -2.60. The van der Waals surface area contributed by atoms with Gasteiger partial charge in [0, 0.05) is 12.8 Å². The monoisotopic (exact) mass is 516 g/mol. The molecule has 4 fully saturated rings. The first-order valence-corrected chi connectivity index (χ1v) is 15.3. The summed E-state index contributed by atoms with van der Waals surface area (Å²) in [5.41, 5.74) is 1.12. The number of hydrogen-bond acceptors (Lipinski definition) is 3. The highest BCUT2D eigenvalue weighted by Crippen LogP contribution is 2.67. The predicted octanol–water partition coefficient (Wildman–Crippen LogP) is 9.67. The van der Waals surface area contributed by atoms with E-state index >= 15 is 0 Å². The Morgan fingerprint density at radius 1 is 0.917 bits per heavy atom. The lowest BCUT2D eigenvalue weighted by molar-refractivity contribution is -0.139. The van der Waals surface area contributed by atoms with Crippen molar-refractivity contribution in [2.45, 2.75) is 113 Å². The van der Waals surface area contributed by atoms with Crippen LogP contribution in [0.1, 0.15) is 113 Å². The highest BCUT2D eigenvalue weighted by atomic mass is 32.1. The fourth-order valence-corrected chi connectivity index (χ4v) is 8.45.